The molecule has 0 aromatic heterocycles. The summed E-state index contributed by atoms with van der Waals surface area (Å²) in [7, 11) is 0. The van der Waals surface area contributed by atoms with Gasteiger partial charge in [0.2, 0.25) is 17.7 Å². The molecule has 0 unspecified atom stereocenters. The Morgan fingerprint density at radius 2 is 1.60 bits per heavy atom. The molecular formula is C29H42FN9O6. The molecular weight excluding hydrogens is 589 g/mol. The second-order valence-corrected chi connectivity index (χ2v) is 9.69. The molecule has 45 heavy (non-hydrogen) atoms. The van der Waals surface area contributed by atoms with Crippen molar-refractivity contribution in [2.75, 3.05) is 19.6 Å². The second-order valence-electron chi connectivity index (χ2n) is 9.69. The number of carboxylic acid groups (broad SMARTS) is 1. The number of aliphatic carboxylic acids is 1. The number of likely N-dealkylation sites (N-methyl/N-ethyl adjacent to an activating group) is 1. The number of aromatic hydroxyl groups is 1. The summed E-state index contributed by atoms with van der Waals surface area (Å²) in [6.07, 6.45) is 0.568. The molecule has 0 fully saturated rings. The van der Waals surface area contributed by atoms with E-state index >= 15 is 0 Å². The number of nitrogens with zero attached hydrogens (tertiary/aromatic N) is 3. The zero-order valence-electron chi connectivity index (χ0n) is 25.3. The number of halogens is 1. The highest BCUT2D eigenvalue weighted by atomic mass is 19.1. The van der Waals surface area contributed by atoms with Crippen LogP contribution in [0.2, 0.25) is 0 Å². The normalized spacial score (nSPS) is 11.4. The fraction of sp³-hybridized carbons (Fsp3) is 0.379. The lowest BCUT2D eigenvalue weighted by molar-refractivity contribution is -0.135. The zero-order chi connectivity index (χ0) is 33.9. The number of carboxylic acids is 1. The maximum absolute atomic E-state index is 14.1. The van der Waals surface area contributed by atoms with Crippen LogP contribution in [0.15, 0.2) is 58.5 Å². The molecule has 0 saturated heterocycles. The van der Waals surface area contributed by atoms with E-state index in [1.54, 1.807) is 37.3 Å². The Kier molecular flexibility index (Phi) is 16.5. The van der Waals surface area contributed by atoms with Gasteiger partial charge in [0.05, 0.1) is 6.54 Å². The molecule has 0 saturated carbocycles. The number of hydrogen-bond acceptors (Lipinski definition) is 7. The Balaban J connectivity index is 0.00000238. The molecule has 0 aliphatic rings. The summed E-state index contributed by atoms with van der Waals surface area (Å²) in [6.45, 7) is 2.99. The fourth-order valence-corrected chi connectivity index (χ4v) is 3.88. The lowest BCUT2D eigenvalue weighted by Crippen LogP contribution is -2.52. The molecule has 2 aromatic rings. The third-order valence-electron chi connectivity index (χ3n) is 6.02. The first kappa shape index (κ1) is 37.6. The summed E-state index contributed by atoms with van der Waals surface area (Å²) >= 11 is 0. The lowest BCUT2D eigenvalue weighted by Gasteiger charge is -2.23. The van der Waals surface area contributed by atoms with Gasteiger partial charge in [-0.1, -0.05) is 30.3 Å². The van der Waals surface area contributed by atoms with Gasteiger partial charge in [-0.25, -0.2) is 9.38 Å². The molecule has 2 atom stereocenters. The first-order chi connectivity index (χ1) is 21.2. The molecule has 0 radical (unpaired) electrons. The van der Waals surface area contributed by atoms with Gasteiger partial charge in [-0.15, -0.1) is 0 Å². The number of benzene rings is 2. The van der Waals surface area contributed by atoms with Crippen molar-refractivity contribution in [3.8, 4) is 5.75 Å². The van der Waals surface area contributed by atoms with Crippen LogP contribution in [-0.2, 0) is 32.1 Å². The van der Waals surface area contributed by atoms with Crippen molar-refractivity contribution in [3.05, 3.63) is 65.5 Å². The second kappa shape index (κ2) is 19.7. The summed E-state index contributed by atoms with van der Waals surface area (Å²) in [5.41, 5.74) is 22.8. The molecule has 0 heterocycles. The van der Waals surface area contributed by atoms with Crippen molar-refractivity contribution in [2.24, 2.45) is 32.9 Å². The smallest absolute Gasteiger partial charge is 0.300 e. The number of aliphatic imine (C=N–C) groups is 2. The number of phenolic OH excluding ortho intramolecular Hbond substituents is 1. The Morgan fingerprint density at radius 1 is 0.978 bits per heavy atom. The summed E-state index contributed by atoms with van der Waals surface area (Å²) in [5, 5.41) is 22.1. The van der Waals surface area contributed by atoms with Crippen molar-refractivity contribution in [1.82, 2.24) is 15.5 Å². The molecule has 0 aliphatic heterocycles. The van der Waals surface area contributed by atoms with Gasteiger partial charge in [0.25, 0.3) is 5.97 Å². The van der Waals surface area contributed by atoms with Crippen molar-refractivity contribution in [1.29, 1.82) is 0 Å². The van der Waals surface area contributed by atoms with Gasteiger partial charge in [0.1, 0.15) is 23.7 Å². The lowest BCUT2D eigenvalue weighted by atomic mass is 10.0. The predicted octanol–water partition coefficient (Wildman–Crippen LogP) is -0.490. The monoisotopic (exact) mass is 631 g/mol. The van der Waals surface area contributed by atoms with Crippen LogP contribution >= 0.6 is 0 Å². The van der Waals surface area contributed by atoms with Crippen molar-refractivity contribution >= 4 is 35.6 Å². The van der Waals surface area contributed by atoms with Gasteiger partial charge >= 0.3 is 0 Å². The Hall–Kier alpha value is -5.41. The van der Waals surface area contributed by atoms with Gasteiger partial charge in [-0.2, -0.15) is 0 Å². The number of nitrogens with one attached hydrogen (secondary N) is 2. The first-order valence-electron chi connectivity index (χ1n) is 13.9. The Morgan fingerprint density at radius 3 is 2.16 bits per heavy atom. The molecule has 2 aromatic carbocycles. The standard InChI is InChI=1S/C27H38FN9O4.C2H4O2/c1-2-37(16-18-6-3-4-7-20(18)28)23(39)15-34-24(40)21(8-5-13-33-26(29)30)35-25(41)22(36-27(31)32)14-17-9-11-19(38)12-10-17;1-2(3)4/h3-4,6-7,9-12,21-22,38H,2,5,8,13-16H2,1H3,(H,34,40)(H,35,41)(H4,29,30,33)(H4,31,32,36);1H3,(H,3,4)/t21-,22+;/m1./s1. The SMILES string of the molecule is CC(=O)O.CCN(Cc1ccccc1F)C(=O)CNC(=O)[C@@H](CCCN=C(N)N)NC(=O)[C@H](Cc1ccc(O)cc1)N=C(N)N. The highest BCUT2D eigenvalue weighted by Gasteiger charge is 2.26. The van der Waals surface area contributed by atoms with Crippen LogP contribution in [0, 0.1) is 5.82 Å². The maximum atomic E-state index is 14.1. The third kappa shape index (κ3) is 15.6. The van der Waals surface area contributed by atoms with Crippen LogP contribution in [-0.4, -0.2) is 82.4 Å². The summed E-state index contributed by atoms with van der Waals surface area (Å²) in [4.78, 5) is 57.4. The van der Waals surface area contributed by atoms with Gasteiger partial charge in [0.15, 0.2) is 11.9 Å². The Bertz CT molecular complexity index is 1330. The van der Waals surface area contributed by atoms with Crippen LogP contribution in [0.25, 0.3) is 0 Å². The van der Waals surface area contributed by atoms with E-state index in [1.165, 1.54) is 23.1 Å². The van der Waals surface area contributed by atoms with E-state index < -0.39 is 41.6 Å². The Labute approximate surface area is 260 Å². The van der Waals surface area contributed by atoms with Gasteiger partial charge < -0.3 is 48.7 Å². The highest BCUT2D eigenvalue weighted by Crippen LogP contribution is 2.13. The number of hydrogen-bond donors (Lipinski definition) is 8. The molecule has 12 N–H and O–H groups in total. The molecule has 16 heteroatoms. The average Bonchev–Trinajstić information content (AvgIpc) is 2.96. The number of carbonyl (C=O) groups excluding carboxylic acids is 3. The average molecular weight is 632 g/mol. The van der Waals surface area contributed by atoms with Crippen LogP contribution in [0.1, 0.15) is 37.8 Å². The summed E-state index contributed by atoms with van der Waals surface area (Å²) in [5.74, 6) is -3.33. The summed E-state index contributed by atoms with van der Waals surface area (Å²) in [6, 6.07) is 10.1. The van der Waals surface area contributed by atoms with Crippen LogP contribution < -0.4 is 33.6 Å². The minimum absolute atomic E-state index is 0.0357. The van der Waals surface area contributed by atoms with Crippen LogP contribution in [0.4, 0.5) is 4.39 Å². The molecule has 0 bridgehead atoms. The van der Waals surface area contributed by atoms with Crippen LogP contribution in [0.3, 0.4) is 0 Å². The first-order valence-corrected chi connectivity index (χ1v) is 13.9. The number of amides is 3. The van der Waals surface area contributed by atoms with Crippen molar-refractivity contribution < 1.29 is 33.8 Å². The largest absolute Gasteiger partial charge is 0.508 e. The number of carbonyl (C=O) groups is 4. The summed E-state index contributed by atoms with van der Waals surface area (Å²) < 4.78 is 14.1. The molecule has 2 rings (SSSR count). The highest BCUT2D eigenvalue weighted by molar-refractivity contribution is 5.93. The molecule has 0 spiro atoms. The van der Waals surface area contributed by atoms with Gasteiger partial charge in [0, 0.05) is 38.5 Å². The molecule has 246 valence electrons. The predicted molar refractivity (Wildman–Crippen MR) is 167 cm³/mol. The van der Waals surface area contributed by atoms with Crippen molar-refractivity contribution in [2.45, 2.75) is 51.7 Å². The van der Waals surface area contributed by atoms with E-state index in [0.29, 0.717) is 24.1 Å². The number of phenols is 1. The van der Waals surface area contributed by atoms with E-state index in [4.69, 9.17) is 32.8 Å². The topological polar surface area (TPSA) is 265 Å². The van der Waals surface area contributed by atoms with E-state index in [0.717, 1.165) is 6.92 Å². The third-order valence-corrected chi connectivity index (χ3v) is 6.02. The number of guanidine groups is 2. The minimum atomic E-state index is -1.07. The molecule has 15 nitrogen and oxygen atoms in total. The van der Waals surface area contributed by atoms with E-state index in [2.05, 4.69) is 20.6 Å². The number of rotatable bonds is 15. The fourth-order valence-electron chi connectivity index (χ4n) is 3.88. The van der Waals surface area contributed by atoms with E-state index in [9.17, 15) is 23.9 Å². The van der Waals surface area contributed by atoms with Crippen LogP contribution in [0.5, 0.6) is 5.75 Å². The zero-order valence-corrected chi connectivity index (χ0v) is 25.3. The quantitative estimate of drug-likeness (QED) is 0.0710. The van der Waals surface area contributed by atoms with Gasteiger partial charge in [-0.05, 0) is 43.5 Å². The molecule has 3 amide bonds. The minimum Gasteiger partial charge on any atom is -0.508 e. The van der Waals surface area contributed by atoms with E-state index in [1.807, 2.05) is 0 Å². The number of nitrogens with two attached hydrogens (primary N) is 4. The maximum Gasteiger partial charge on any atom is 0.300 e. The van der Waals surface area contributed by atoms with E-state index in [-0.39, 0.29) is 50.1 Å². The van der Waals surface area contributed by atoms with Crippen molar-refractivity contribution in [3.63, 3.8) is 0 Å². The van der Waals surface area contributed by atoms with Gasteiger partial charge in [-0.3, -0.25) is 24.2 Å². The molecule has 0 aliphatic carbocycles.